The minimum Gasteiger partial charge on any atom is -0.497 e. The van der Waals surface area contributed by atoms with Crippen LogP contribution < -0.4 is 15.4 Å². The molecule has 0 fully saturated rings. The number of likely N-dealkylation sites (N-methyl/N-ethyl adjacent to an activating group) is 1. The van der Waals surface area contributed by atoms with Crippen LogP contribution in [0.25, 0.3) is 11.3 Å². The first-order valence-corrected chi connectivity index (χ1v) is 11.3. The molecular formula is C24H26N4O5S. The number of ether oxygens (including phenoxy) is 2. The fraction of sp³-hybridized carbons (Fsp3) is 0.250. The van der Waals surface area contributed by atoms with Gasteiger partial charge < -0.3 is 19.7 Å². The molecule has 10 heteroatoms. The smallest absolute Gasteiger partial charge is 0.307 e. The number of carbonyl (C=O) groups excluding carboxylic acids is 3. The van der Waals surface area contributed by atoms with Gasteiger partial charge in [-0.3, -0.25) is 19.7 Å². The first kappa shape index (κ1) is 24.7. The summed E-state index contributed by atoms with van der Waals surface area (Å²) in [6, 6.07) is 14.3. The zero-order valence-corrected chi connectivity index (χ0v) is 20.0. The first-order valence-electron chi connectivity index (χ1n) is 10.5. The second kappa shape index (κ2) is 11.8. The predicted octanol–water partition coefficient (Wildman–Crippen LogP) is 3.50. The Morgan fingerprint density at radius 1 is 1.03 bits per heavy atom. The normalized spacial score (nSPS) is 10.3. The Kier molecular flexibility index (Phi) is 8.58. The third kappa shape index (κ3) is 6.79. The second-order valence-electron chi connectivity index (χ2n) is 7.29. The van der Waals surface area contributed by atoms with Crippen molar-refractivity contribution >= 4 is 39.9 Å². The molecule has 2 aromatic carbocycles. The predicted molar refractivity (Wildman–Crippen MR) is 131 cm³/mol. The van der Waals surface area contributed by atoms with Crippen LogP contribution >= 0.6 is 11.3 Å². The van der Waals surface area contributed by atoms with Crippen LogP contribution in [0.5, 0.6) is 5.75 Å². The molecule has 0 aliphatic carbocycles. The van der Waals surface area contributed by atoms with Crippen molar-refractivity contribution in [2.75, 3.05) is 45.0 Å². The molecule has 0 aliphatic rings. The molecule has 178 valence electrons. The average Bonchev–Trinajstić information content (AvgIpc) is 3.34. The molecule has 0 aliphatic heterocycles. The molecule has 34 heavy (non-hydrogen) atoms. The van der Waals surface area contributed by atoms with Crippen LogP contribution in [0.3, 0.4) is 0 Å². The number of amides is 2. The van der Waals surface area contributed by atoms with Crippen LogP contribution in [-0.4, -0.2) is 62.0 Å². The molecule has 9 nitrogen and oxygen atoms in total. The number of benzene rings is 2. The molecule has 0 saturated carbocycles. The third-order valence-electron chi connectivity index (χ3n) is 5.01. The Morgan fingerprint density at radius 2 is 1.74 bits per heavy atom. The molecule has 0 bridgehead atoms. The number of thiazole rings is 1. The van der Waals surface area contributed by atoms with Crippen molar-refractivity contribution in [3.63, 3.8) is 0 Å². The van der Waals surface area contributed by atoms with Gasteiger partial charge in [0, 0.05) is 35.8 Å². The van der Waals surface area contributed by atoms with Gasteiger partial charge in [-0.2, -0.15) is 0 Å². The van der Waals surface area contributed by atoms with Gasteiger partial charge in [-0.1, -0.05) is 0 Å². The molecule has 1 aromatic heterocycles. The standard InChI is InChI=1S/C24H26N4O5S/c1-28(13-12-22(30)33-3)21(29)14-25-18-8-4-17(5-9-18)23(31)27-24-26-20(15-34-24)16-6-10-19(32-2)11-7-16/h4-11,15,25H,12-14H2,1-3H3,(H,26,27,31). The van der Waals surface area contributed by atoms with Gasteiger partial charge in [-0.05, 0) is 48.5 Å². The van der Waals surface area contributed by atoms with E-state index in [4.69, 9.17) is 4.74 Å². The van der Waals surface area contributed by atoms with E-state index in [0.29, 0.717) is 16.4 Å². The second-order valence-corrected chi connectivity index (χ2v) is 8.15. The molecule has 2 amide bonds. The van der Waals surface area contributed by atoms with Crippen LogP contribution in [0.15, 0.2) is 53.9 Å². The van der Waals surface area contributed by atoms with E-state index >= 15 is 0 Å². The Labute approximate surface area is 201 Å². The fourth-order valence-corrected chi connectivity index (χ4v) is 3.65. The summed E-state index contributed by atoms with van der Waals surface area (Å²) in [5.41, 5.74) is 2.86. The molecule has 0 saturated heterocycles. The maximum absolute atomic E-state index is 12.6. The summed E-state index contributed by atoms with van der Waals surface area (Å²) in [5, 5.41) is 8.20. The number of aromatic nitrogens is 1. The van der Waals surface area contributed by atoms with Gasteiger partial charge in [0.25, 0.3) is 5.91 Å². The summed E-state index contributed by atoms with van der Waals surface area (Å²) < 4.78 is 9.74. The zero-order chi connectivity index (χ0) is 24.5. The lowest BCUT2D eigenvalue weighted by Gasteiger charge is -2.17. The van der Waals surface area contributed by atoms with Crippen LogP contribution in [0.2, 0.25) is 0 Å². The molecule has 3 aromatic rings. The lowest BCUT2D eigenvalue weighted by molar-refractivity contribution is -0.141. The van der Waals surface area contributed by atoms with Gasteiger partial charge >= 0.3 is 5.97 Å². The largest absolute Gasteiger partial charge is 0.497 e. The summed E-state index contributed by atoms with van der Waals surface area (Å²) in [6.45, 7) is 0.347. The highest BCUT2D eigenvalue weighted by Crippen LogP contribution is 2.26. The van der Waals surface area contributed by atoms with Crippen molar-refractivity contribution in [3.05, 3.63) is 59.5 Å². The molecule has 0 spiro atoms. The van der Waals surface area contributed by atoms with Crippen LogP contribution in [0.4, 0.5) is 10.8 Å². The monoisotopic (exact) mass is 482 g/mol. The maximum Gasteiger partial charge on any atom is 0.307 e. The number of rotatable bonds is 10. The Bertz CT molecular complexity index is 1130. The molecule has 2 N–H and O–H groups in total. The molecule has 0 unspecified atom stereocenters. The van der Waals surface area contributed by atoms with Gasteiger partial charge in [0.05, 0.1) is 32.9 Å². The van der Waals surface area contributed by atoms with E-state index in [2.05, 4.69) is 20.4 Å². The van der Waals surface area contributed by atoms with E-state index in [1.807, 2.05) is 29.6 Å². The van der Waals surface area contributed by atoms with Crippen molar-refractivity contribution in [1.82, 2.24) is 9.88 Å². The highest BCUT2D eigenvalue weighted by Gasteiger charge is 2.12. The highest BCUT2D eigenvalue weighted by atomic mass is 32.1. The number of hydrogen-bond donors (Lipinski definition) is 2. The van der Waals surface area contributed by atoms with E-state index in [-0.39, 0.29) is 37.3 Å². The number of carbonyl (C=O) groups is 3. The van der Waals surface area contributed by atoms with E-state index in [0.717, 1.165) is 17.0 Å². The van der Waals surface area contributed by atoms with Crippen LogP contribution in [0, 0.1) is 0 Å². The van der Waals surface area contributed by atoms with Crippen molar-refractivity contribution < 1.29 is 23.9 Å². The Hall–Kier alpha value is -3.92. The number of nitrogens with one attached hydrogen (secondary N) is 2. The van der Waals surface area contributed by atoms with Crippen molar-refractivity contribution in [3.8, 4) is 17.0 Å². The molecule has 3 rings (SSSR count). The number of anilines is 2. The zero-order valence-electron chi connectivity index (χ0n) is 19.2. The first-order chi connectivity index (χ1) is 16.4. The molecule has 0 radical (unpaired) electrons. The topological polar surface area (TPSA) is 110 Å². The van der Waals surface area contributed by atoms with Crippen molar-refractivity contribution in [2.45, 2.75) is 6.42 Å². The Morgan fingerprint density at radius 3 is 2.38 bits per heavy atom. The van der Waals surface area contributed by atoms with E-state index < -0.39 is 0 Å². The molecule has 0 atom stereocenters. The Balaban J connectivity index is 1.50. The SMILES string of the molecule is COC(=O)CCN(C)C(=O)CNc1ccc(C(=O)Nc2nc(-c3ccc(OC)cc3)cs2)cc1. The summed E-state index contributed by atoms with van der Waals surface area (Å²) in [7, 11) is 4.55. The minimum atomic E-state index is -0.365. The number of methoxy groups -OCH3 is 2. The molecule has 1 heterocycles. The third-order valence-corrected chi connectivity index (χ3v) is 5.76. The van der Waals surface area contributed by atoms with Crippen LogP contribution in [-0.2, 0) is 14.3 Å². The van der Waals surface area contributed by atoms with Gasteiger partial charge in [0.1, 0.15) is 5.75 Å². The summed E-state index contributed by atoms with van der Waals surface area (Å²) in [5.74, 6) is -0.0421. The highest BCUT2D eigenvalue weighted by molar-refractivity contribution is 7.14. The number of hydrogen-bond acceptors (Lipinski definition) is 8. The number of nitrogens with zero attached hydrogens (tertiary/aromatic N) is 2. The summed E-state index contributed by atoms with van der Waals surface area (Å²) >= 11 is 1.34. The molecular weight excluding hydrogens is 456 g/mol. The van der Waals surface area contributed by atoms with Crippen LogP contribution in [0.1, 0.15) is 16.8 Å². The van der Waals surface area contributed by atoms with Crippen molar-refractivity contribution in [1.29, 1.82) is 0 Å². The maximum atomic E-state index is 12.6. The lowest BCUT2D eigenvalue weighted by Crippen LogP contribution is -2.33. The van der Waals surface area contributed by atoms with Gasteiger partial charge in [-0.15, -0.1) is 11.3 Å². The minimum absolute atomic E-state index is 0.0659. The quantitative estimate of drug-likeness (QED) is 0.426. The summed E-state index contributed by atoms with van der Waals surface area (Å²) in [4.78, 5) is 41.9. The average molecular weight is 483 g/mol. The van der Waals surface area contributed by atoms with Gasteiger partial charge in [0.2, 0.25) is 5.91 Å². The van der Waals surface area contributed by atoms with Gasteiger partial charge in [0.15, 0.2) is 5.13 Å². The van der Waals surface area contributed by atoms with Crippen molar-refractivity contribution in [2.24, 2.45) is 0 Å². The lowest BCUT2D eigenvalue weighted by atomic mass is 10.2. The van der Waals surface area contributed by atoms with Gasteiger partial charge in [-0.25, -0.2) is 4.98 Å². The van der Waals surface area contributed by atoms with E-state index in [1.165, 1.54) is 23.3 Å². The summed E-state index contributed by atoms with van der Waals surface area (Å²) in [6.07, 6.45) is 0.142. The number of esters is 1. The van der Waals surface area contributed by atoms with E-state index in [9.17, 15) is 14.4 Å². The fourth-order valence-electron chi connectivity index (χ4n) is 2.93. The van der Waals surface area contributed by atoms with E-state index in [1.54, 1.807) is 38.4 Å².